The van der Waals surface area contributed by atoms with Gasteiger partial charge in [-0.2, -0.15) is 0 Å². The monoisotopic (exact) mass is 792 g/mol. The molecule has 11 heteroatoms. The van der Waals surface area contributed by atoms with Crippen LogP contribution in [0.25, 0.3) is 0 Å². The molecule has 4 aromatic rings. The predicted octanol–water partition coefficient (Wildman–Crippen LogP) is 6.23. The summed E-state index contributed by atoms with van der Waals surface area (Å²) in [5, 5.41) is 12.6. The quantitative estimate of drug-likeness (QED) is 0.219. The molecule has 2 aliphatic carbocycles. The van der Waals surface area contributed by atoms with Crippen molar-refractivity contribution in [3.05, 3.63) is 112 Å². The summed E-state index contributed by atoms with van der Waals surface area (Å²) >= 11 is 0. The fourth-order valence-electron chi connectivity index (χ4n) is 12.1. The molecule has 3 aromatic carbocycles. The van der Waals surface area contributed by atoms with Crippen molar-refractivity contribution in [3.8, 4) is 11.5 Å². The number of fused-ring (bicyclic) bond motifs is 5. The third-order valence-corrected chi connectivity index (χ3v) is 15.4. The number of phenolic OH excluding ortho intramolecular Hbond substituents is 1. The Kier molecular flexibility index (Phi) is 8.83. The predicted molar refractivity (Wildman–Crippen MR) is 221 cm³/mol. The Balaban J connectivity index is 0.685. The lowest BCUT2D eigenvalue weighted by molar-refractivity contribution is -0.136. The van der Waals surface area contributed by atoms with E-state index in [1.807, 2.05) is 18.2 Å². The number of hydrogen-bond donors (Lipinski definition) is 2. The molecule has 304 valence electrons. The summed E-state index contributed by atoms with van der Waals surface area (Å²) in [7, 11) is 0. The number of ether oxygens (including phenoxy) is 1. The number of benzene rings is 3. The van der Waals surface area contributed by atoms with Crippen LogP contribution in [-0.2, 0) is 28.0 Å². The topological polar surface area (TPSA) is 128 Å². The van der Waals surface area contributed by atoms with Crippen molar-refractivity contribution in [2.45, 2.75) is 94.0 Å². The maximum Gasteiger partial charge on any atom is 0.255 e. The van der Waals surface area contributed by atoms with Crippen LogP contribution in [0.2, 0.25) is 0 Å². The van der Waals surface area contributed by atoms with Gasteiger partial charge in [0.25, 0.3) is 5.91 Å². The van der Waals surface area contributed by atoms with E-state index in [0.29, 0.717) is 42.2 Å². The van der Waals surface area contributed by atoms with Crippen LogP contribution in [0.1, 0.15) is 113 Å². The number of aromatic hydroxyl groups is 1. The number of piperidine rings is 2. The van der Waals surface area contributed by atoms with E-state index in [9.17, 15) is 19.5 Å². The van der Waals surface area contributed by atoms with Crippen molar-refractivity contribution in [2.75, 3.05) is 44.2 Å². The summed E-state index contributed by atoms with van der Waals surface area (Å²) < 4.78 is 6.43. The minimum Gasteiger partial charge on any atom is -0.508 e. The minimum absolute atomic E-state index is 0.0350. The summed E-state index contributed by atoms with van der Waals surface area (Å²) in [5.74, 6) is 2.40. The van der Waals surface area contributed by atoms with Crippen LogP contribution >= 0.6 is 0 Å². The van der Waals surface area contributed by atoms with E-state index in [4.69, 9.17) is 14.7 Å². The van der Waals surface area contributed by atoms with E-state index in [0.717, 1.165) is 87.1 Å². The second-order valence-corrected chi connectivity index (χ2v) is 18.8. The van der Waals surface area contributed by atoms with Gasteiger partial charge in [-0.15, -0.1) is 0 Å². The van der Waals surface area contributed by atoms with Crippen molar-refractivity contribution in [2.24, 2.45) is 11.3 Å². The number of amides is 3. The van der Waals surface area contributed by atoms with Gasteiger partial charge in [-0.05, 0) is 123 Å². The minimum atomic E-state index is -0.621. The van der Waals surface area contributed by atoms with Crippen molar-refractivity contribution < 1.29 is 24.2 Å². The summed E-state index contributed by atoms with van der Waals surface area (Å²) in [5.41, 5.74) is 8.04. The lowest BCUT2D eigenvalue weighted by Gasteiger charge is -2.54. The molecule has 0 unspecified atom stereocenters. The van der Waals surface area contributed by atoms with Gasteiger partial charge in [-0.25, -0.2) is 9.97 Å². The van der Waals surface area contributed by atoms with E-state index in [-0.39, 0.29) is 35.5 Å². The number of aryl methyl sites for hydroxylation is 1. The van der Waals surface area contributed by atoms with Crippen LogP contribution in [0.3, 0.4) is 0 Å². The highest BCUT2D eigenvalue weighted by Gasteiger charge is 2.49. The van der Waals surface area contributed by atoms with Gasteiger partial charge in [0.2, 0.25) is 17.8 Å². The van der Waals surface area contributed by atoms with Gasteiger partial charge >= 0.3 is 0 Å². The Morgan fingerprint density at radius 3 is 2.39 bits per heavy atom. The standard InChI is InChI=1S/C48H52N6O5/c55-34-7-9-36-32(22-34)6-8-35(31-4-2-1-3-5-31)42(36)33-23-49-46(50-24-33)53-27-47(28-53)16-14-30(15-17-47)25-52-20-18-48(19-21-52)29-59-43-38-26-54(40-12-13-41(56)51-44(40)57)45(58)37(38)10-11-39(43)48/h1-5,7,9-11,22-24,30,35,40,42,55H,6,8,12-21,25-29H2,(H,51,56,57)/t35-,40-,42+/m0/s1. The first-order valence-corrected chi connectivity index (χ1v) is 21.8. The van der Waals surface area contributed by atoms with Crippen molar-refractivity contribution in [3.63, 3.8) is 0 Å². The molecule has 1 saturated carbocycles. The second-order valence-electron chi connectivity index (χ2n) is 18.8. The van der Waals surface area contributed by atoms with Gasteiger partial charge in [0.15, 0.2) is 0 Å². The lowest BCUT2D eigenvalue weighted by atomic mass is 9.65. The van der Waals surface area contributed by atoms with Crippen molar-refractivity contribution >= 4 is 23.7 Å². The van der Waals surface area contributed by atoms with Crippen LogP contribution in [0.5, 0.6) is 11.5 Å². The SMILES string of the molecule is O=C1CC[C@H](N2Cc3c(ccc4c3OCC43CCN(CC4CCC5(CC4)CN(c4ncc([C@H]6c7ccc(O)cc7CC[C@H]6c6ccccc6)cn4)C5)CC3)C2=O)C(=O)N1. The van der Waals surface area contributed by atoms with Crippen LogP contribution in [0, 0.1) is 11.3 Å². The molecule has 6 heterocycles. The molecule has 5 aliphatic heterocycles. The number of carbonyl (C=O) groups excluding carboxylic acids is 3. The summed E-state index contributed by atoms with van der Waals surface area (Å²) in [6.07, 6.45) is 13.8. The Hall–Kier alpha value is -5.29. The number of carbonyl (C=O) groups is 3. The van der Waals surface area contributed by atoms with E-state index in [1.54, 1.807) is 4.90 Å². The number of hydrogen-bond acceptors (Lipinski definition) is 9. The first-order valence-electron chi connectivity index (χ1n) is 21.8. The number of rotatable bonds is 6. The van der Waals surface area contributed by atoms with Crippen molar-refractivity contribution in [1.82, 2.24) is 25.1 Å². The molecular weight excluding hydrogens is 741 g/mol. The van der Waals surface area contributed by atoms with Gasteiger partial charge in [-0.1, -0.05) is 42.5 Å². The molecule has 3 amide bonds. The summed E-state index contributed by atoms with van der Waals surface area (Å²) in [6, 6.07) is 20.1. The molecule has 1 aromatic heterocycles. The van der Waals surface area contributed by atoms with E-state index >= 15 is 0 Å². The molecule has 3 atom stereocenters. The van der Waals surface area contributed by atoms with E-state index in [2.05, 4.69) is 70.0 Å². The third-order valence-electron chi connectivity index (χ3n) is 15.4. The number of nitrogens with one attached hydrogen (secondary N) is 1. The summed E-state index contributed by atoms with van der Waals surface area (Å²) in [4.78, 5) is 54.3. The van der Waals surface area contributed by atoms with Gasteiger partial charge < -0.3 is 24.5 Å². The van der Waals surface area contributed by atoms with E-state index in [1.165, 1.54) is 47.9 Å². The zero-order valence-electron chi connectivity index (χ0n) is 33.6. The first-order chi connectivity index (χ1) is 28.7. The number of anilines is 1. The number of aromatic nitrogens is 2. The summed E-state index contributed by atoms with van der Waals surface area (Å²) in [6.45, 7) is 6.30. The molecule has 0 bridgehead atoms. The fraction of sp³-hybridized carbons (Fsp3) is 0.479. The second kappa shape index (κ2) is 14.2. The Bertz CT molecular complexity index is 2310. The van der Waals surface area contributed by atoms with Crippen LogP contribution < -0.4 is 15.0 Å². The zero-order chi connectivity index (χ0) is 39.9. The Labute approximate surface area is 345 Å². The number of imide groups is 1. The van der Waals surface area contributed by atoms with Gasteiger partial charge in [0, 0.05) is 71.9 Å². The highest BCUT2D eigenvalue weighted by molar-refractivity contribution is 6.05. The lowest BCUT2D eigenvalue weighted by Crippen LogP contribution is -2.58. The highest BCUT2D eigenvalue weighted by atomic mass is 16.5. The molecule has 0 radical (unpaired) electrons. The number of phenols is 1. The highest BCUT2D eigenvalue weighted by Crippen LogP contribution is 2.51. The number of likely N-dealkylation sites (tertiary alicyclic amines) is 1. The Morgan fingerprint density at radius 1 is 0.847 bits per heavy atom. The van der Waals surface area contributed by atoms with Crippen LogP contribution in [0.4, 0.5) is 5.95 Å². The molecule has 2 N–H and O–H groups in total. The molecule has 7 aliphatic rings. The molecule has 11 rings (SSSR count). The Morgan fingerprint density at radius 2 is 1.63 bits per heavy atom. The molecule has 11 nitrogen and oxygen atoms in total. The molecule has 3 saturated heterocycles. The van der Waals surface area contributed by atoms with Crippen LogP contribution in [0.15, 0.2) is 73.1 Å². The molecule has 2 spiro atoms. The zero-order valence-corrected chi connectivity index (χ0v) is 33.6. The van der Waals surface area contributed by atoms with Gasteiger partial charge in [-0.3, -0.25) is 19.7 Å². The van der Waals surface area contributed by atoms with E-state index < -0.39 is 6.04 Å². The molecular formula is C48H52N6O5. The third kappa shape index (κ3) is 6.30. The maximum absolute atomic E-state index is 13.4. The number of nitrogens with zero attached hydrogens (tertiary/aromatic N) is 5. The normalized spacial score (nSPS) is 26.0. The average Bonchev–Trinajstić information content (AvgIpc) is 3.78. The van der Waals surface area contributed by atoms with Crippen LogP contribution in [-0.4, -0.2) is 88.0 Å². The van der Waals surface area contributed by atoms with Crippen molar-refractivity contribution in [1.29, 1.82) is 0 Å². The van der Waals surface area contributed by atoms with Gasteiger partial charge in [0.05, 0.1) is 13.2 Å². The molecule has 59 heavy (non-hydrogen) atoms. The fourth-order valence-corrected chi connectivity index (χ4v) is 12.1. The smallest absolute Gasteiger partial charge is 0.255 e. The maximum atomic E-state index is 13.4. The average molecular weight is 793 g/mol. The first kappa shape index (κ1) is 36.8. The largest absolute Gasteiger partial charge is 0.508 e. The van der Waals surface area contributed by atoms with Gasteiger partial charge in [0.1, 0.15) is 17.5 Å². The molecule has 4 fully saturated rings.